The molecule has 0 radical (unpaired) electrons. The van der Waals surface area contributed by atoms with E-state index >= 15 is 0 Å². The van der Waals surface area contributed by atoms with Crippen LogP contribution in [0.1, 0.15) is 23.0 Å². The van der Waals surface area contributed by atoms with Crippen molar-refractivity contribution in [3.8, 4) is 22.6 Å². The van der Waals surface area contributed by atoms with Gasteiger partial charge in [0.05, 0.1) is 25.2 Å². The molecule has 6 heteroatoms. The summed E-state index contributed by atoms with van der Waals surface area (Å²) < 4.78 is 15.5. The quantitative estimate of drug-likeness (QED) is 0.722. The molecule has 0 atom stereocenters. The Morgan fingerprint density at radius 2 is 1.85 bits per heavy atom. The van der Waals surface area contributed by atoms with Crippen LogP contribution in [0.15, 0.2) is 45.6 Å². The van der Waals surface area contributed by atoms with E-state index < -0.39 is 5.97 Å². The smallest absolute Gasteiger partial charge is 0.374 e. The zero-order valence-corrected chi connectivity index (χ0v) is 14.7. The van der Waals surface area contributed by atoms with E-state index in [9.17, 15) is 14.7 Å². The molecule has 1 aromatic heterocycles. The van der Waals surface area contributed by atoms with Gasteiger partial charge in [0.2, 0.25) is 11.2 Å². The highest BCUT2D eigenvalue weighted by molar-refractivity contribution is 5.97. The molecule has 6 nitrogen and oxygen atoms in total. The molecule has 0 unspecified atom stereocenters. The van der Waals surface area contributed by atoms with Gasteiger partial charge in [-0.25, -0.2) is 4.79 Å². The molecule has 0 aliphatic rings. The maximum absolute atomic E-state index is 13.1. The molecule has 3 aromatic rings. The summed E-state index contributed by atoms with van der Waals surface area (Å²) in [6.45, 7) is 1.87. The Hall–Kier alpha value is -3.28. The van der Waals surface area contributed by atoms with Crippen LogP contribution in [-0.2, 0) is 11.2 Å². The highest BCUT2D eigenvalue weighted by Gasteiger charge is 2.23. The van der Waals surface area contributed by atoms with Gasteiger partial charge in [-0.2, -0.15) is 0 Å². The fourth-order valence-corrected chi connectivity index (χ4v) is 2.81. The number of hydrogen-bond acceptors (Lipinski definition) is 6. The average molecular weight is 354 g/mol. The molecular formula is C20H18O6. The van der Waals surface area contributed by atoms with E-state index in [1.54, 1.807) is 30.3 Å². The third-order valence-electron chi connectivity index (χ3n) is 4.22. The average Bonchev–Trinajstić information content (AvgIpc) is 2.67. The van der Waals surface area contributed by atoms with Crippen molar-refractivity contribution >= 4 is 16.9 Å². The first kappa shape index (κ1) is 17.5. The minimum Gasteiger partial charge on any atom is -0.508 e. The molecule has 0 spiro atoms. The van der Waals surface area contributed by atoms with Crippen molar-refractivity contribution < 1.29 is 23.8 Å². The molecule has 2 aromatic carbocycles. The molecule has 0 aliphatic heterocycles. The van der Waals surface area contributed by atoms with E-state index in [1.165, 1.54) is 20.3 Å². The monoisotopic (exact) mass is 354 g/mol. The number of benzene rings is 2. The highest BCUT2D eigenvalue weighted by atomic mass is 16.5. The fraction of sp³-hybridized carbons (Fsp3) is 0.200. The van der Waals surface area contributed by atoms with Gasteiger partial charge in [-0.15, -0.1) is 0 Å². The van der Waals surface area contributed by atoms with E-state index in [-0.39, 0.29) is 33.5 Å². The van der Waals surface area contributed by atoms with Crippen LogP contribution in [0.2, 0.25) is 0 Å². The van der Waals surface area contributed by atoms with Gasteiger partial charge >= 0.3 is 5.97 Å². The molecule has 26 heavy (non-hydrogen) atoms. The Labute approximate surface area is 149 Å². The molecular weight excluding hydrogens is 336 g/mol. The Bertz CT molecular complexity index is 1030. The highest BCUT2D eigenvalue weighted by Crippen LogP contribution is 2.30. The van der Waals surface area contributed by atoms with Gasteiger partial charge in [0.1, 0.15) is 17.1 Å². The maximum atomic E-state index is 13.1. The van der Waals surface area contributed by atoms with E-state index in [0.717, 1.165) is 0 Å². The summed E-state index contributed by atoms with van der Waals surface area (Å²) in [5.74, 6) is -0.347. The summed E-state index contributed by atoms with van der Waals surface area (Å²) in [5, 5.41) is 10.3. The van der Waals surface area contributed by atoms with Crippen molar-refractivity contribution in [1.82, 2.24) is 0 Å². The SMILES string of the molecule is CCc1cc2c(=O)c(-c3ccc(OC)cc3)c(C(=O)OC)oc2cc1O. The Morgan fingerprint density at radius 1 is 1.15 bits per heavy atom. The standard InChI is InChI=1S/C20H18O6/c1-4-11-9-14-16(10-15(11)21)26-19(20(23)25-3)17(18(14)22)12-5-7-13(24-2)8-6-12/h5-10,21H,4H2,1-3H3. The molecule has 0 aliphatic carbocycles. The second-order valence-corrected chi connectivity index (χ2v) is 5.69. The molecule has 0 bridgehead atoms. The van der Waals surface area contributed by atoms with Gasteiger partial charge in [-0.1, -0.05) is 19.1 Å². The van der Waals surface area contributed by atoms with Crippen LogP contribution < -0.4 is 10.2 Å². The van der Waals surface area contributed by atoms with Gasteiger partial charge in [0, 0.05) is 6.07 Å². The van der Waals surface area contributed by atoms with Crippen LogP contribution in [0.5, 0.6) is 11.5 Å². The van der Waals surface area contributed by atoms with E-state index in [2.05, 4.69) is 0 Å². The molecule has 3 rings (SSSR count). The zero-order valence-electron chi connectivity index (χ0n) is 14.7. The van der Waals surface area contributed by atoms with Crippen LogP contribution in [-0.4, -0.2) is 25.3 Å². The van der Waals surface area contributed by atoms with Crippen molar-refractivity contribution in [2.45, 2.75) is 13.3 Å². The van der Waals surface area contributed by atoms with Gasteiger partial charge in [-0.05, 0) is 35.7 Å². The summed E-state index contributed by atoms with van der Waals surface area (Å²) in [7, 11) is 2.75. The van der Waals surface area contributed by atoms with Crippen molar-refractivity contribution in [3.63, 3.8) is 0 Å². The van der Waals surface area contributed by atoms with Crippen LogP contribution in [0.4, 0.5) is 0 Å². The van der Waals surface area contributed by atoms with E-state index in [4.69, 9.17) is 13.9 Å². The summed E-state index contributed by atoms with van der Waals surface area (Å²) >= 11 is 0. The van der Waals surface area contributed by atoms with Gasteiger partial charge in [-0.3, -0.25) is 4.79 Å². The minimum atomic E-state index is -0.770. The first-order valence-electron chi connectivity index (χ1n) is 8.05. The lowest BCUT2D eigenvalue weighted by Crippen LogP contribution is -2.14. The number of methoxy groups -OCH3 is 2. The number of carbonyl (C=O) groups excluding carboxylic acids is 1. The van der Waals surface area contributed by atoms with Crippen LogP contribution >= 0.6 is 0 Å². The maximum Gasteiger partial charge on any atom is 0.374 e. The lowest BCUT2D eigenvalue weighted by atomic mass is 10.00. The first-order chi connectivity index (χ1) is 12.5. The molecule has 0 saturated heterocycles. The number of esters is 1. The van der Waals surface area contributed by atoms with Crippen LogP contribution in [0.3, 0.4) is 0 Å². The van der Waals surface area contributed by atoms with E-state index in [1.807, 2.05) is 6.92 Å². The van der Waals surface area contributed by atoms with Crippen LogP contribution in [0, 0.1) is 0 Å². The zero-order chi connectivity index (χ0) is 18.8. The summed E-state index contributed by atoms with van der Waals surface area (Å²) in [4.78, 5) is 25.3. The number of carbonyl (C=O) groups is 1. The number of hydrogen-bond donors (Lipinski definition) is 1. The van der Waals surface area contributed by atoms with Crippen molar-refractivity contribution in [2.24, 2.45) is 0 Å². The van der Waals surface area contributed by atoms with Crippen molar-refractivity contribution in [2.75, 3.05) is 14.2 Å². The minimum absolute atomic E-state index is 0.0103. The van der Waals surface area contributed by atoms with Crippen LogP contribution in [0.25, 0.3) is 22.1 Å². The summed E-state index contributed by atoms with van der Waals surface area (Å²) in [6.07, 6.45) is 0.553. The Morgan fingerprint density at radius 3 is 2.42 bits per heavy atom. The number of rotatable bonds is 4. The molecule has 0 amide bonds. The summed E-state index contributed by atoms with van der Waals surface area (Å²) in [6, 6.07) is 9.65. The van der Waals surface area contributed by atoms with Gasteiger partial charge < -0.3 is 19.0 Å². The molecule has 1 heterocycles. The Balaban J connectivity index is 2.37. The number of phenolic OH excluding ortho intramolecular Hbond substituents is 1. The molecule has 0 saturated carbocycles. The Kier molecular flexibility index (Phi) is 4.67. The molecule has 0 fully saturated rings. The van der Waals surface area contributed by atoms with Crippen molar-refractivity contribution in [3.05, 3.63) is 57.9 Å². The molecule has 1 N–H and O–H groups in total. The fourth-order valence-electron chi connectivity index (χ4n) is 2.81. The third-order valence-corrected chi connectivity index (χ3v) is 4.22. The number of aryl methyl sites for hydroxylation is 1. The predicted octanol–water partition coefficient (Wildman–Crippen LogP) is 3.52. The van der Waals surface area contributed by atoms with Gasteiger partial charge in [0.15, 0.2) is 0 Å². The lowest BCUT2D eigenvalue weighted by molar-refractivity contribution is 0.0567. The largest absolute Gasteiger partial charge is 0.508 e. The number of ether oxygens (including phenoxy) is 2. The predicted molar refractivity (Wildman–Crippen MR) is 96.9 cm³/mol. The number of phenols is 1. The second-order valence-electron chi connectivity index (χ2n) is 5.69. The second kappa shape index (κ2) is 6.92. The van der Waals surface area contributed by atoms with Gasteiger partial charge in [0.25, 0.3) is 0 Å². The lowest BCUT2D eigenvalue weighted by Gasteiger charge is -2.11. The van der Waals surface area contributed by atoms with Crippen molar-refractivity contribution in [1.29, 1.82) is 0 Å². The molecule has 134 valence electrons. The van der Waals surface area contributed by atoms with E-state index in [0.29, 0.717) is 23.3 Å². The topological polar surface area (TPSA) is 86.0 Å². The third kappa shape index (κ3) is 2.90. The first-order valence-corrected chi connectivity index (χ1v) is 8.05. The number of aromatic hydroxyl groups is 1. The number of fused-ring (bicyclic) bond motifs is 1. The normalized spacial score (nSPS) is 10.7. The summed E-state index contributed by atoms with van der Waals surface area (Å²) in [5.41, 5.74) is 0.998.